The van der Waals surface area contributed by atoms with Gasteiger partial charge < -0.3 is 20.1 Å². The third kappa shape index (κ3) is 5.10. The number of fused-ring (bicyclic) bond motifs is 1. The van der Waals surface area contributed by atoms with Crippen LogP contribution in [-0.2, 0) is 4.79 Å². The number of rotatable bonds is 5. The van der Waals surface area contributed by atoms with Crippen LogP contribution in [0.3, 0.4) is 0 Å². The van der Waals surface area contributed by atoms with Crippen LogP contribution >= 0.6 is 11.6 Å². The number of nitrogens with zero attached hydrogens (tertiary/aromatic N) is 1. The van der Waals surface area contributed by atoms with Gasteiger partial charge in [0.15, 0.2) is 17.9 Å². The van der Waals surface area contributed by atoms with Gasteiger partial charge in [-0.05, 0) is 49.4 Å². The van der Waals surface area contributed by atoms with Crippen LogP contribution < -0.4 is 10.6 Å². The van der Waals surface area contributed by atoms with Gasteiger partial charge in [-0.1, -0.05) is 36.6 Å². The summed E-state index contributed by atoms with van der Waals surface area (Å²) in [6.07, 6.45) is 3.19. The molecule has 4 amide bonds. The van der Waals surface area contributed by atoms with Crippen LogP contribution in [0.5, 0.6) is 0 Å². The summed E-state index contributed by atoms with van der Waals surface area (Å²) in [6, 6.07) is 5.48. The Morgan fingerprint density at radius 2 is 1.78 bits per heavy atom. The lowest BCUT2D eigenvalue weighted by molar-refractivity contribution is -0.117. The fraction of sp³-hybridized carbons (Fsp3) is 0.360. The van der Waals surface area contributed by atoms with E-state index in [0.29, 0.717) is 24.8 Å². The summed E-state index contributed by atoms with van der Waals surface area (Å²) in [5, 5.41) is 14.3. The number of anilines is 1. The third-order valence-corrected chi connectivity index (χ3v) is 7.10. The summed E-state index contributed by atoms with van der Waals surface area (Å²) in [5.74, 6) is -3.91. The Hall–Kier alpha value is -3.37. The Morgan fingerprint density at radius 1 is 1.08 bits per heavy atom. The number of carbonyl (C=O) groups is 4. The van der Waals surface area contributed by atoms with Crippen molar-refractivity contribution in [2.45, 2.75) is 50.3 Å². The van der Waals surface area contributed by atoms with E-state index in [2.05, 4.69) is 5.32 Å². The van der Waals surface area contributed by atoms with Gasteiger partial charge in [-0.3, -0.25) is 14.9 Å². The van der Waals surface area contributed by atoms with Crippen molar-refractivity contribution in [3.63, 3.8) is 0 Å². The van der Waals surface area contributed by atoms with Crippen molar-refractivity contribution >= 4 is 41.4 Å². The van der Waals surface area contributed by atoms with Crippen molar-refractivity contribution in [2.24, 2.45) is 5.92 Å². The zero-order chi connectivity index (χ0) is 26.0. The average Bonchev–Trinajstić information content (AvgIpc) is 3.25. The molecule has 2 aromatic carbocycles. The van der Waals surface area contributed by atoms with E-state index in [1.54, 1.807) is 17.0 Å². The highest BCUT2D eigenvalue weighted by Gasteiger charge is 2.47. The second-order valence-electron chi connectivity index (χ2n) is 8.95. The Kier molecular flexibility index (Phi) is 7.65. The molecule has 2 aliphatic rings. The molecule has 4 atom stereocenters. The van der Waals surface area contributed by atoms with Crippen molar-refractivity contribution in [3.05, 3.63) is 64.2 Å². The normalized spacial score (nSPS) is 21.9. The monoisotopic (exact) mass is 519 g/mol. The second-order valence-corrected chi connectivity index (χ2v) is 9.36. The van der Waals surface area contributed by atoms with Gasteiger partial charge in [-0.2, -0.15) is 0 Å². The summed E-state index contributed by atoms with van der Waals surface area (Å²) in [6.45, 7) is 0. The molecule has 36 heavy (non-hydrogen) atoms. The van der Waals surface area contributed by atoms with Crippen LogP contribution in [0.4, 0.5) is 19.3 Å². The average molecular weight is 520 g/mol. The van der Waals surface area contributed by atoms with E-state index in [-0.39, 0.29) is 28.2 Å². The van der Waals surface area contributed by atoms with Gasteiger partial charge in [0, 0.05) is 6.04 Å². The largest absolute Gasteiger partial charge is 0.383 e. The van der Waals surface area contributed by atoms with Crippen molar-refractivity contribution in [1.29, 1.82) is 0 Å². The summed E-state index contributed by atoms with van der Waals surface area (Å²) in [7, 11) is 0. The van der Waals surface area contributed by atoms with E-state index in [1.807, 2.05) is 5.32 Å². The van der Waals surface area contributed by atoms with E-state index in [9.17, 15) is 33.1 Å². The molecule has 2 aromatic rings. The highest BCUT2D eigenvalue weighted by molar-refractivity contribution is 6.34. The van der Waals surface area contributed by atoms with Crippen molar-refractivity contribution < 1.29 is 33.1 Å². The number of hydrogen-bond acceptors (Lipinski definition) is 5. The second kappa shape index (κ2) is 10.7. The Balaban J connectivity index is 1.54. The SMILES string of the molecule is O=CC(O)[C@@H]1CC2CCCCC2N1C(=O)c1ccccc1NC(=O)NC(=O)c1cc(F)c(F)cc1Cl. The molecular weight excluding hydrogens is 496 g/mol. The number of likely N-dealkylation sites (tertiary alicyclic amines) is 1. The number of halogens is 3. The molecule has 1 aliphatic carbocycles. The van der Waals surface area contributed by atoms with E-state index in [4.69, 9.17) is 11.6 Å². The van der Waals surface area contributed by atoms with Gasteiger partial charge in [-0.15, -0.1) is 0 Å². The van der Waals surface area contributed by atoms with E-state index < -0.39 is 47.2 Å². The fourth-order valence-electron chi connectivity index (χ4n) is 5.13. The molecule has 3 N–H and O–H groups in total. The molecule has 11 heteroatoms. The van der Waals surface area contributed by atoms with E-state index >= 15 is 0 Å². The number of benzene rings is 2. The summed E-state index contributed by atoms with van der Waals surface area (Å²) in [4.78, 5) is 51.5. The highest BCUT2D eigenvalue weighted by atomic mass is 35.5. The zero-order valence-electron chi connectivity index (χ0n) is 19.0. The first-order valence-corrected chi connectivity index (χ1v) is 11.9. The number of hydrogen-bond donors (Lipinski definition) is 3. The number of amides is 4. The van der Waals surface area contributed by atoms with E-state index in [1.165, 1.54) is 12.1 Å². The predicted molar refractivity (Wildman–Crippen MR) is 127 cm³/mol. The number of carbonyl (C=O) groups excluding carboxylic acids is 4. The molecule has 190 valence electrons. The van der Waals surface area contributed by atoms with Gasteiger partial charge in [0.1, 0.15) is 6.10 Å². The molecule has 1 saturated carbocycles. The van der Waals surface area contributed by atoms with Gasteiger partial charge in [-0.25, -0.2) is 13.6 Å². The Labute approximate surface area is 210 Å². The predicted octanol–water partition coefficient (Wildman–Crippen LogP) is 3.91. The molecule has 8 nitrogen and oxygen atoms in total. The van der Waals surface area contributed by atoms with Crippen LogP contribution in [0, 0.1) is 17.6 Å². The number of aldehydes is 1. The molecule has 1 aliphatic heterocycles. The third-order valence-electron chi connectivity index (χ3n) is 6.78. The lowest BCUT2D eigenvalue weighted by Crippen LogP contribution is -2.48. The molecule has 1 saturated heterocycles. The van der Waals surface area contributed by atoms with Crippen LogP contribution in [0.1, 0.15) is 52.8 Å². The lowest BCUT2D eigenvalue weighted by atomic mass is 9.84. The number of imide groups is 1. The number of para-hydroxylation sites is 1. The Morgan fingerprint density at radius 3 is 2.53 bits per heavy atom. The quantitative estimate of drug-likeness (QED) is 0.409. The first-order chi connectivity index (χ1) is 17.2. The van der Waals surface area contributed by atoms with Crippen molar-refractivity contribution in [2.75, 3.05) is 5.32 Å². The minimum atomic E-state index is -1.33. The van der Waals surface area contributed by atoms with Gasteiger partial charge in [0.2, 0.25) is 0 Å². The standard InChI is InChI=1S/C25H24ClF2N3O5/c26-16-11-18(28)17(27)10-15(16)23(34)30-25(36)29-19-7-3-2-6-14(19)24(35)31-20-8-4-1-5-13(20)9-21(31)22(33)12-32/h2-3,6-7,10-13,20-22,33H,1,4-5,8-9H2,(H2,29,30,34,36)/t13?,20?,21-,22?/m0/s1. The van der Waals surface area contributed by atoms with Crippen LogP contribution in [-0.4, -0.2) is 52.3 Å². The van der Waals surface area contributed by atoms with Crippen LogP contribution in [0.15, 0.2) is 36.4 Å². The summed E-state index contributed by atoms with van der Waals surface area (Å²) >= 11 is 5.79. The number of urea groups is 1. The maximum atomic E-state index is 13.7. The zero-order valence-corrected chi connectivity index (χ0v) is 19.8. The maximum absolute atomic E-state index is 13.7. The molecule has 0 spiro atoms. The smallest absolute Gasteiger partial charge is 0.326 e. The molecule has 0 radical (unpaired) electrons. The number of aliphatic hydroxyl groups excluding tert-OH is 1. The molecule has 4 rings (SSSR count). The molecular formula is C25H24ClF2N3O5. The topological polar surface area (TPSA) is 116 Å². The van der Waals surface area contributed by atoms with Gasteiger partial charge in [0.05, 0.1) is 27.9 Å². The molecule has 0 aromatic heterocycles. The maximum Gasteiger partial charge on any atom is 0.326 e. The molecule has 3 unspecified atom stereocenters. The minimum Gasteiger partial charge on any atom is -0.383 e. The van der Waals surface area contributed by atoms with Gasteiger partial charge in [0.25, 0.3) is 11.8 Å². The van der Waals surface area contributed by atoms with Gasteiger partial charge >= 0.3 is 6.03 Å². The lowest BCUT2D eigenvalue weighted by Gasteiger charge is -2.35. The number of aliphatic hydroxyl groups is 1. The van der Waals surface area contributed by atoms with Crippen molar-refractivity contribution in [1.82, 2.24) is 10.2 Å². The highest BCUT2D eigenvalue weighted by Crippen LogP contribution is 2.41. The van der Waals surface area contributed by atoms with E-state index in [0.717, 1.165) is 25.7 Å². The number of nitrogens with one attached hydrogen (secondary N) is 2. The minimum absolute atomic E-state index is 0.0859. The van der Waals surface area contributed by atoms with Crippen LogP contribution in [0.2, 0.25) is 5.02 Å². The molecule has 2 fully saturated rings. The van der Waals surface area contributed by atoms with Crippen LogP contribution in [0.25, 0.3) is 0 Å². The molecule has 0 bridgehead atoms. The first kappa shape index (κ1) is 25.7. The first-order valence-electron chi connectivity index (χ1n) is 11.5. The Bertz CT molecular complexity index is 1210. The molecule has 1 heterocycles. The van der Waals surface area contributed by atoms with Crippen molar-refractivity contribution in [3.8, 4) is 0 Å². The fourth-order valence-corrected chi connectivity index (χ4v) is 5.37. The summed E-state index contributed by atoms with van der Waals surface area (Å²) < 4.78 is 26.8. The summed E-state index contributed by atoms with van der Waals surface area (Å²) in [5.41, 5.74) is -0.246.